The van der Waals surface area contributed by atoms with Gasteiger partial charge in [0.2, 0.25) is 5.91 Å². The van der Waals surface area contributed by atoms with Crippen molar-refractivity contribution in [2.75, 3.05) is 25.1 Å². The van der Waals surface area contributed by atoms with Crippen molar-refractivity contribution < 1.29 is 14.3 Å². The van der Waals surface area contributed by atoms with Crippen molar-refractivity contribution in [1.82, 2.24) is 4.90 Å². The monoisotopic (exact) mass is 304 g/mol. The summed E-state index contributed by atoms with van der Waals surface area (Å²) in [5.41, 5.74) is 1.34. The number of benzene rings is 1. The second kappa shape index (κ2) is 7.40. The number of carbonyl (C=O) groups excluding carboxylic acids is 2. The number of nitrogens with zero attached hydrogens (tertiary/aromatic N) is 1. The molecular weight excluding hydrogens is 280 g/mol. The Morgan fingerprint density at radius 2 is 2.00 bits per heavy atom. The Labute approximate surface area is 131 Å². The lowest BCUT2D eigenvalue weighted by Crippen LogP contribution is -2.49. The Balaban J connectivity index is 2.09. The molecule has 1 saturated heterocycles. The largest absolute Gasteiger partial charge is 0.377 e. The third-order valence-electron chi connectivity index (χ3n) is 3.68. The highest BCUT2D eigenvalue weighted by molar-refractivity contribution is 5.95. The first-order valence-electron chi connectivity index (χ1n) is 7.73. The van der Waals surface area contributed by atoms with Gasteiger partial charge < -0.3 is 15.0 Å². The van der Waals surface area contributed by atoms with E-state index in [0.717, 1.165) is 6.42 Å². The maximum Gasteiger partial charge on any atom is 0.254 e. The fourth-order valence-corrected chi connectivity index (χ4v) is 2.73. The van der Waals surface area contributed by atoms with Crippen LogP contribution in [0, 0.1) is 5.92 Å². The summed E-state index contributed by atoms with van der Waals surface area (Å²) in [5.74, 6) is 0.428. The van der Waals surface area contributed by atoms with Crippen LogP contribution < -0.4 is 5.32 Å². The van der Waals surface area contributed by atoms with Crippen LogP contribution >= 0.6 is 0 Å². The number of morpholine rings is 1. The zero-order valence-corrected chi connectivity index (χ0v) is 13.5. The topological polar surface area (TPSA) is 58.6 Å². The van der Waals surface area contributed by atoms with E-state index in [1.54, 1.807) is 24.3 Å². The predicted octanol–water partition coefficient (Wildman–Crippen LogP) is 2.53. The summed E-state index contributed by atoms with van der Waals surface area (Å²) in [4.78, 5) is 25.6. The molecular formula is C17H24N2O3. The van der Waals surface area contributed by atoms with E-state index in [0.29, 0.717) is 36.9 Å². The van der Waals surface area contributed by atoms with Crippen LogP contribution in [0.25, 0.3) is 0 Å². The minimum atomic E-state index is -0.121. The summed E-state index contributed by atoms with van der Waals surface area (Å²) in [6, 6.07) is 7.17. The maximum absolute atomic E-state index is 12.7. The van der Waals surface area contributed by atoms with Gasteiger partial charge in [-0.05, 0) is 36.6 Å². The lowest BCUT2D eigenvalue weighted by Gasteiger charge is -2.36. The molecule has 1 N–H and O–H groups in total. The lowest BCUT2D eigenvalue weighted by molar-refractivity contribution is -0.114. The number of nitrogens with one attached hydrogen (secondary N) is 1. The summed E-state index contributed by atoms with van der Waals surface area (Å²) in [7, 11) is 0. The second-order valence-corrected chi connectivity index (χ2v) is 6.12. The molecule has 5 nitrogen and oxygen atoms in total. The molecule has 2 amide bonds. The van der Waals surface area contributed by atoms with Gasteiger partial charge in [-0.25, -0.2) is 0 Å². The maximum atomic E-state index is 12.7. The van der Waals surface area contributed by atoms with Gasteiger partial charge in [-0.2, -0.15) is 0 Å². The molecule has 5 heteroatoms. The van der Waals surface area contributed by atoms with E-state index < -0.39 is 0 Å². The molecule has 1 heterocycles. The smallest absolute Gasteiger partial charge is 0.254 e. The first-order valence-corrected chi connectivity index (χ1v) is 7.73. The molecule has 120 valence electrons. The van der Waals surface area contributed by atoms with Crippen molar-refractivity contribution in [3.63, 3.8) is 0 Å². The Kier molecular flexibility index (Phi) is 5.55. The van der Waals surface area contributed by atoms with Crippen LogP contribution in [-0.4, -0.2) is 42.5 Å². The molecule has 0 radical (unpaired) electrons. The molecule has 1 atom stereocenters. The van der Waals surface area contributed by atoms with Gasteiger partial charge >= 0.3 is 0 Å². The molecule has 1 unspecified atom stereocenters. The Hall–Kier alpha value is -1.88. The molecule has 0 aliphatic carbocycles. The number of hydrogen-bond acceptors (Lipinski definition) is 3. The van der Waals surface area contributed by atoms with Gasteiger partial charge in [-0.3, -0.25) is 9.59 Å². The van der Waals surface area contributed by atoms with Crippen LogP contribution in [-0.2, 0) is 9.53 Å². The molecule has 1 aromatic carbocycles. The highest BCUT2D eigenvalue weighted by Crippen LogP contribution is 2.19. The quantitative estimate of drug-likeness (QED) is 0.930. The molecule has 0 aromatic heterocycles. The summed E-state index contributed by atoms with van der Waals surface area (Å²) < 4.78 is 5.52. The average Bonchev–Trinajstić information content (AvgIpc) is 2.47. The number of anilines is 1. The minimum absolute atomic E-state index is 0.0309. The van der Waals surface area contributed by atoms with Gasteiger partial charge in [-0.15, -0.1) is 0 Å². The number of amides is 2. The van der Waals surface area contributed by atoms with Crippen molar-refractivity contribution in [3.8, 4) is 0 Å². The molecule has 22 heavy (non-hydrogen) atoms. The highest BCUT2D eigenvalue weighted by Gasteiger charge is 2.28. The fraction of sp³-hybridized carbons (Fsp3) is 0.529. The Bertz CT molecular complexity index is 525. The molecule has 1 fully saturated rings. The van der Waals surface area contributed by atoms with Gasteiger partial charge in [-0.1, -0.05) is 13.8 Å². The normalized spacial score (nSPS) is 18.4. The third kappa shape index (κ3) is 4.31. The number of hydrogen-bond donors (Lipinski definition) is 1. The van der Waals surface area contributed by atoms with Crippen LogP contribution in [0.5, 0.6) is 0 Å². The molecule has 0 saturated carbocycles. The van der Waals surface area contributed by atoms with E-state index in [1.807, 2.05) is 4.90 Å². The Morgan fingerprint density at radius 1 is 1.32 bits per heavy atom. The third-order valence-corrected chi connectivity index (χ3v) is 3.68. The second-order valence-electron chi connectivity index (χ2n) is 6.12. The van der Waals surface area contributed by atoms with Gasteiger partial charge in [0.25, 0.3) is 5.91 Å². The van der Waals surface area contributed by atoms with Crippen molar-refractivity contribution in [1.29, 1.82) is 0 Å². The van der Waals surface area contributed by atoms with Gasteiger partial charge in [0.1, 0.15) is 0 Å². The summed E-state index contributed by atoms with van der Waals surface area (Å²) in [5, 5.41) is 2.70. The molecule has 0 bridgehead atoms. The fourth-order valence-electron chi connectivity index (χ4n) is 2.73. The SMILES string of the molecule is CC(=O)Nc1ccc(C(=O)N2CCOCC2CC(C)C)cc1. The highest BCUT2D eigenvalue weighted by atomic mass is 16.5. The zero-order valence-electron chi connectivity index (χ0n) is 13.5. The van der Waals surface area contributed by atoms with E-state index in [4.69, 9.17) is 4.74 Å². The summed E-state index contributed by atoms with van der Waals surface area (Å²) in [6.07, 6.45) is 0.940. The van der Waals surface area contributed by atoms with Crippen molar-refractivity contribution in [2.24, 2.45) is 5.92 Å². The summed E-state index contributed by atoms with van der Waals surface area (Å²) in [6.45, 7) is 7.59. The van der Waals surface area contributed by atoms with Crippen molar-refractivity contribution >= 4 is 17.5 Å². The van der Waals surface area contributed by atoms with Crippen molar-refractivity contribution in [3.05, 3.63) is 29.8 Å². The van der Waals surface area contributed by atoms with E-state index in [-0.39, 0.29) is 17.9 Å². The van der Waals surface area contributed by atoms with Crippen LogP contribution in [0.4, 0.5) is 5.69 Å². The van der Waals surface area contributed by atoms with E-state index in [2.05, 4.69) is 19.2 Å². The van der Waals surface area contributed by atoms with Crippen LogP contribution in [0.1, 0.15) is 37.6 Å². The Morgan fingerprint density at radius 3 is 2.59 bits per heavy atom. The number of carbonyl (C=O) groups is 2. The molecule has 1 aliphatic rings. The van der Waals surface area contributed by atoms with Crippen molar-refractivity contribution in [2.45, 2.75) is 33.2 Å². The molecule has 1 aliphatic heterocycles. The first-order chi connectivity index (χ1) is 10.5. The molecule has 1 aromatic rings. The van der Waals surface area contributed by atoms with Gasteiger partial charge in [0.15, 0.2) is 0 Å². The van der Waals surface area contributed by atoms with E-state index in [9.17, 15) is 9.59 Å². The molecule has 0 spiro atoms. The summed E-state index contributed by atoms with van der Waals surface area (Å²) >= 11 is 0. The predicted molar refractivity (Wildman–Crippen MR) is 85.8 cm³/mol. The van der Waals surface area contributed by atoms with Gasteiger partial charge in [0, 0.05) is 24.7 Å². The standard InChI is InChI=1S/C17H24N2O3/c1-12(2)10-16-11-22-9-8-19(16)17(21)14-4-6-15(7-5-14)18-13(3)20/h4-7,12,16H,8-11H2,1-3H3,(H,18,20). The first kappa shape index (κ1) is 16.5. The zero-order chi connectivity index (χ0) is 16.1. The number of ether oxygens (including phenoxy) is 1. The van der Waals surface area contributed by atoms with Gasteiger partial charge in [0.05, 0.1) is 19.3 Å². The van der Waals surface area contributed by atoms with E-state index in [1.165, 1.54) is 6.92 Å². The van der Waals surface area contributed by atoms with Crippen LogP contribution in [0.2, 0.25) is 0 Å². The van der Waals surface area contributed by atoms with Crippen LogP contribution in [0.15, 0.2) is 24.3 Å². The average molecular weight is 304 g/mol. The van der Waals surface area contributed by atoms with E-state index >= 15 is 0 Å². The molecule has 2 rings (SSSR count). The minimum Gasteiger partial charge on any atom is -0.377 e. The van der Waals surface area contributed by atoms with Crippen LogP contribution in [0.3, 0.4) is 0 Å². The number of rotatable bonds is 4. The lowest BCUT2D eigenvalue weighted by atomic mass is 10.0.